The van der Waals surface area contributed by atoms with Crippen LogP contribution in [0.4, 0.5) is 0 Å². The molecule has 0 spiro atoms. The molecule has 0 saturated carbocycles. The molecule has 5 nitrogen and oxygen atoms in total. The summed E-state index contributed by atoms with van der Waals surface area (Å²) in [6.07, 6.45) is -1.34. The van der Waals surface area contributed by atoms with E-state index in [4.69, 9.17) is 9.47 Å². The van der Waals surface area contributed by atoms with Gasteiger partial charge in [0.1, 0.15) is 0 Å². The Morgan fingerprint density at radius 1 is 1.56 bits per heavy atom. The van der Waals surface area contributed by atoms with E-state index in [0.29, 0.717) is 21.5 Å². The van der Waals surface area contributed by atoms with Crippen LogP contribution in [0.5, 0.6) is 11.5 Å². The Morgan fingerprint density at radius 2 is 2.31 bits per heavy atom. The molecule has 1 N–H and O–H groups in total. The third-order valence-electron chi connectivity index (χ3n) is 2.23. The molecule has 0 aliphatic carbocycles. The van der Waals surface area contributed by atoms with E-state index < -0.39 is 12.1 Å². The van der Waals surface area contributed by atoms with Gasteiger partial charge in [-0.2, -0.15) is 0 Å². The second-order valence-electron chi connectivity index (χ2n) is 3.13. The minimum absolute atomic E-state index is 0.131. The average molecular weight is 289 g/mol. The van der Waals surface area contributed by atoms with E-state index in [2.05, 4.69) is 20.7 Å². The van der Waals surface area contributed by atoms with Gasteiger partial charge in [-0.25, -0.2) is 4.79 Å². The van der Waals surface area contributed by atoms with Crippen LogP contribution in [0.3, 0.4) is 0 Å². The van der Waals surface area contributed by atoms with E-state index in [1.165, 1.54) is 7.11 Å². The van der Waals surface area contributed by atoms with Gasteiger partial charge in [-0.15, -0.1) is 0 Å². The summed E-state index contributed by atoms with van der Waals surface area (Å²) in [4.78, 5) is 11.2. The third kappa shape index (κ3) is 1.74. The van der Waals surface area contributed by atoms with E-state index in [-0.39, 0.29) is 6.79 Å². The van der Waals surface area contributed by atoms with Crippen LogP contribution in [-0.4, -0.2) is 25.0 Å². The maximum atomic E-state index is 11.2. The fraction of sp³-hybridized carbons (Fsp3) is 0.300. The van der Waals surface area contributed by atoms with Crippen molar-refractivity contribution in [3.05, 3.63) is 22.2 Å². The van der Waals surface area contributed by atoms with Gasteiger partial charge in [-0.3, -0.25) is 0 Å². The van der Waals surface area contributed by atoms with Crippen molar-refractivity contribution < 1.29 is 24.1 Å². The van der Waals surface area contributed by atoms with Crippen molar-refractivity contribution >= 4 is 21.9 Å². The quantitative estimate of drug-likeness (QED) is 0.833. The highest BCUT2D eigenvalue weighted by Crippen LogP contribution is 2.42. The van der Waals surface area contributed by atoms with Crippen molar-refractivity contribution in [3.8, 4) is 11.5 Å². The summed E-state index contributed by atoms with van der Waals surface area (Å²) in [5.74, 6) is 0.340. The Morgan fingerprint density at radius 3 is 3.00 bits per heavy atom. The smallest absolute Gasteiger partial charge is 0.339 e. The van der Waals surface area contributed by atoms with Crippen LogP contribution in [0.15, 0.2) is 16.6 Å². The summed E-state index contributed by atoms with van der Waals surface area (Å²) in [6, 6.07) is 3.22. The van der Waals surface area contributed by atoms with Crippen LogP contribution in [0.1, 0.15) is 11.7 Å². The van der Waals surface area contributed by atoms with Crippen molar-refractivity contribution in [2.45, 2.75) is 6.10 Å². The van der Waals surface area contributed by atoms with E-state index in [1.807, 2.05) is 0 Å². The molecule has 1 aromatic rings. The number of hydrogen-bond acceptors (Lipinski definition) is 5. The first kappa shape index (κ1) is 11.2. The predicted molar refractivity (Wildman–Crippen MR) is 57.2 cm³/mol. The molecule has 1 atom stereocenters. The number of carbonyl (C=O) groups excluding carboxylic acids is 1. The standard InChI is InChI=1S/C10H9BrO5/c1-14-10(13)8(12)5-2-3-6-9(7(5)11)16-4-15-6/h2-3,8,12H,4H2,1H3. The molecule has 2 rings (SSSR count). The number of aliphatic hydroxyl groups excluding tert-OH is 1. The van der Waals surface area contributed by atoms with Gasteiger partial charge in [0.05, 0.1) is 11.6 Å². The number of halogens is 1. The molecule has 16 heavy (non-hydrogen) atoms. The first-order valence-corrected chi connectivity index (χ1v) is 5.28. The lowest BCUT2D eigenvalue weighted by Gasteiger charge is -2.11. The van der Waals surface area contributed by atoms with Gasteiger partial charge in [-0.05, 0) is 22.0 Å². The fourth-order valence-corrected chi connectivity index (χ4v) is 2.06. The summed E-state index contributed by atoms with van der Waals surface area (Å²) in [5.41, 5.74) is 0.385. The molecular weight excluding hydrogens is 280 g/mol. The number of benzene rings is 1. The topological polar surface area (TPSA) is 65.0 Å². The summed E-state index contributed by atoms with van der Waals surface area (Å²) < 4.78 is 15.3. The van der Waals surface area contributed by atoms with E-state index >= 15 is 0 Å². The summed E-state index contributed by atoms with van der Waals surface area (Å²) in [5, 5.41) is 9.70. The molecule has 86 valence electrons. The minimum Gasteiger partial charge on any atom is -0.467 e. The van der Waals surface area contributed by atoms with Crippen LogP contribution < -0.4 is 9.47 Å². The number of ether oxygens (including phenoxy) is 3. The SMILES string of the molecule is COC(=O)C(O)c1ccc2c(c1Br)OCO2. The maximum Gasteiger partial charge on any atom is 0.339 e. The summed E-state index contributed by atoms with van der Waals surface area (Å²) in [6.45, 7) is 0.131. The maximum absolute atomic E-state index is 11.2. The van der Waals surface area contributed by atoms with E-state index in [1.54, 1.807) is 12.1 Å². The van der Waals surface area contributed by atoms with Crippen molar-refractivity contribution in [1.82, 2.24) is 0 Å². The van der Waals surface area contributed by atoms with Crippen molar-refractivity contribution in [3.63, 3.8) is 0 Å². The third-order valence-corrected chi connectivity index (χ3v) is 3.05. The molecule has 1 aromatic carbocycles. The highest BCUT2D eigenvalue weighted by Gasteiger charge is 2.26. The Labute approximate surface area is 100 Å². The first-order chi connectivity index (χ1) is 7.65. The van der Waals surface area contributed by atoms with E-state index in [0.717, 1.165) is 0 Å². The first-order valence-electron chi connectivity index (χ1n) is 4.49. The molecule has 1 aliphatic heterocycles. The molecule has 0 saturated heterocycles. The van der Waals surface area contributed by atoms with Gasteiger partial charge in [0.25, 0.3) is 0 Å². The Bertz CT molecular complexity index is 431. The molecule has 1 aliphatic rings. The largest absolute Gasteiger partial charge is 0.467 e. The molecule has 1 heterocycles. The van der Waals surface area contributed by atoms with Gasteiger partial charge in [-0.1, -0.05) is 6.07 Å². The number of rotatable bonds is 2. The molecule has 0 aromatic heterocycles. The lowest BCUT2D eigenvalue weighted by Crippen LogP contribution is -2.14. The molecule has 6 heteroatoms. The Kier molecular flexibility index (Phi) is 3.02. The number of methoxy groups -OCH3 is 1. The van der Waals surface area contributed by atoms with Crippen molar-refractivity contribution in [2.24, 2.45) is 0 Å². The average Bonchev–Trinajstić information content (AvgIpc) is 2.76. The Balaban J connectivity index is 2.39. The molecular formula is C10H9BrO5. The molecule has 1 unspecified atom stereocenters. The van der Waals surface area contributed by atoms with Gasteiger partial charge < -0.3 is 19.3 Å². The number of aliphatic hydroxyl groups is 1. The van der Waals surface area contributed by atoms with E-state index in [9.17, 15) is 9.90 Å². The van der Waals surface area contributed by atoms with Gasteiger partial charge in [0.15, 0.2) is 17.6 Å². The lowest BCUT2D eigenvalue weighted by atomic mass is 10.1. The highest BCUT2D eigenvalue weighted by molar-refractivity contribution is 9.10. The zero-order valence-electron chi connectivity index (χ0n) is 8.40. The second-order valence-corrected chi connectivity index (χ2v) is 3.92. The lowest BCUT2D eigenvalue weighted by molar-refractivity contribution is -0.150. The minimum atomic E-state index is -1.34. The van der Waals surface area contributed by atoms with Crippen LogP contribution in [0.2, 0.25) is 0 Å². The van der Waals surface area contributed by atoms with Gasteiger partial charge >= 0.3 is 5.97 Å². The zero-order chi connectivity index (χ0) is 11.7. The summed E-state index contributed by atoms with van der Waals surface area (Å²) >= 11 is 3.26. The van der Waals surface area contributed by atoms with Crippen LogP contribution in [0, 0.1) is 0 Å². The number of fused-ring (bicyclic) bond motifs is 1. The molecule has 0 fully saturated rings. The van der Waals surface area contributed by atoms with Crippen molar-refractivity contribution in [2.75, 3.05) is 13.9 Å². The second kappa shape index (κ2) is 4.31. The van der Waals surface area contributed by atoms with Gasteiger partial charge in [0.2, 0.25) is 6.79 Å². The number of esters is 1. The highest BCUT2D eigenvalue weighted by atomic mass is 79.9. The van der Waals surface area contributed by atoms with Crippen molar-refractivity contribution in [1.29, 1.82) is 0 Å². The van der Waals surface area contributed by atoms with Gasteiger partial charge in [0, 0.05) is 5.56 Å². The fourth-order valence-electron chi connectivity index (χ4n) is 1.40. The zero-order valence-corrected chi connectivity index (χ0v) is 9.98. The molecule has 0 bridgehead atoms. The van der Waals surface area contributed by atoms with Crippen LogP contribution in [0.25, 0.3) is 0 Å². The molecule has 0 amide bonds. The predicted octanol–water partition coefficient (Wildman–Crippen LogP) is 1.38. The Hall–Kier alpha value is -1.27. The normalized spacial score (nSPS) is 14.7. The molecule has 0 radical (unpaired) electrons. The summed E-state index contributed by atoms with van der Waals surface area (Å²) in [7, 11) is 1.21. The number of carbonyl (C=O) groups is 1. The monoisotopic (exact) mass is 288 g/mol. The van der Waals surface area contributed by atoms with Crippen LogP contribution >= 0.6 is 15.9 Å². The van der Waals surface area contributed by atoms with Crippen LogP contribution in [-0.2, 0) is 9.53 Å². The number of hydrogen-bond donors (Lipinski definition) is 1.